The van der Waals surface area contributed by atoms with Crippen LogP contribution in [0.2, 0.25) is 0 Å². The number of anilines is 3. The Morgan fingerprint density at radius 2 is 1.38 bits per heavy atom. The number of carbonyl (C=O) groups is 1. The molecule has 1 aliphatic heterocycles. The van der Waals surface area contributed by atoms with E-state index in [1.54, 1.807) is 19.3 Å². The van der Waals surface area contributed by atoms with Gasteiger partial charge in [0.1, 0.15) is 11.1 Å². The average Bonchev–Trinajstić information content (AvgIpc) is 3.24. The van der Waals surface area contributed by atoms with Crippen molar-refractivity contribution in [3.05, 3.63) is 53.5 Å². The predicted octanol–water partition coefficient (Wildman–Crippen LogP) is 7.18. The summed E-state index contributed by atoms with van der Waals surface area (Å²) in [5, 5.41) is 22.8. The number of carbonyl (C=O) groups excluding carboxylic acids is 1. The second-order valence-electron chi connectivity index (χ2n) is 10.5. The molecule has 0 bridgehead atoms. The molecule has 1 saturated heterocycles. The van der Waals surface area contributed by atoms with Gasteiger partial charge in [-0.2, -0.15) is 5.53 Å². The van der Waals surface area contributed by atoms with Crippen molar-refractivity contribution in [2.75, 3.05) is 43.0 Å². The summed E-state index contributed by atoms with van der Waals surface area (Å²) in [6.45, 7) is 4.67. The summed E-state index contributed by atoms with van der Waals surface area (Å²) >= 11 is 0. The molecule has 4 rings (SSSR count). The minimum Gasteiger partial charge on any atom is -0.383 e. The molecule has 0 aliphatic carbocycles. The van der Waals surface area contributed by atoms with Crippen molar-refractivity contribution < 1.29 is 19.1 Å². The molecule has 58 heavy (non-hydrogen) atoms. The Morgan fingerprint density at radius 1 is 0.810 bits per heavy atom. The summed E-state index contributed by atoms with van der Waals surface area (Å²) in [5.41, 5.74) is 12.9. The molecule has 0 unspecified atom stereocenters. The first-order valence-electron chi connectivity index (χ1n) is 16.5. The van der Waals surface area contributed by atoms with Crippen molar-refractivity contribution in [2.45, 2.75) is 19.8 Å². The van der Waals surface area contributed by atoms with Crippen LogP contribution in [0.15, 0.2) is 74.3 Å². The monoisotopic (exact) mass is 782 g/mol. The van der Waals surface area contributed by atoms with E-state index in [1.165, 1.54) is 6.20 Å². The van der Waals surface area contributed by atoms with Crippen LogP contribution in [0.1, 0.15) is 44.5 Å². The number of fused-ring (bicyclic) bond motifs is 1. The van der Waals surface area contributed by atoms with Gasteiger partial charge in [-0.1, -0.05) is 18.1 Å². The highest BCUT2D eigenvalue weighted by molar-refractivity contribution is 6.11. The summed E-state index contributed by atoms with van der Waals surface area (Å²) in [6, 6.07) is 7.38. The minimum atomic E-state index is -0.313. The third-order valence-corrected chi connectivity index (χ3v) is 6.79. The van der Waals surface area contributed by atoms with E-state index in [1.807, 2.05) is 29.6 Å². The van der Waals surface area contributed by atoms with E-state index < -0.39 is 0 Å². The zero-order valence-corrected chi connectivity index (χ0v) is 31.1. The summed E-state index contributed by atoms with van der Waals surface area (Å²) < 4.78 is 0. The van der Waals surface area contributed by atoms with Gasteiger partial charge in [-0.25, -0.2) is 15.0 Å². The van der Waals surface area contributed by atoms with Gasteiger partial charge in [0.25, 0.3) is 5.91 Å². The van der Waals surface area contributed by atoms with Gasteiger partial charge >= 0.3 is 0 Å². The molecule has 0 spiro atoms. The lowest BCUT2D eigenvalue weighted by atomic mass is 9.97. The van der Waals surface area contributed by atoms with Gasteiger partial charge in [0.15, 0.2) is 11.5 Å². The zero-order valence-electron chi connectivity index (χ0n) is 31.1. The van der Waals surface area contributed by atoms with Crippen molar-refractivity contribution in [2.24, 2.45) is 37.3 Å². The number of piperidine rings is 1. The van der Waals surface area contributed by atoms with E-state index >= 15 is 0 Å². The molecule has 16 nitrogen and oxygen atoms in total. The lowest BCUT2D eigenvalue weighted by molar-refractivity contribution is 0.102. The maximum Gasteiger partial charge on any atom is 0.278 e. The number of terminal acetylenes is 1. The van der Waals surface area contributed by atoms with E-state index in [9.17, 15) is 4.79 Å². The number of nitrogens with one attached hydrogen (secondary N) is 3. The number of amides is 1. The number of benzene rings is 1. The Hall–Kier alpha value is -9.26. The second kappa shape index (κ2) is 29.2. The Kier molecular flexibility index (Phi) is 22.6. The van der Waals surface area contributed by atoms with Crippen LogP contribution in [-0.2, 0) is 0 Å². The molecular weight excluding hydrogens is 733 g/mol. The van der Waals surface area contributed by atoms with E-state index in [4.69, 9.17) is 22.6 Å². The first-order chi connectivity index (χ1) is 28.4. The topological polar surface area (TPSA) is 224 Å². The van der Waals surface area contributed by atoms with Gasteiger partial charge in [0, 0.05) is 78.1 Å². The molecule has 1 aromatic carbocycles. The normalized spacial score (nSPS) is 10.5. The largest absolute Gasteiger partial charge is 0.383 e. The number of nitrogens with zero attached hydrogens (tertiary/aromatic N) is 10. The van der Waals surface area contributed by atoms with Crippen molar-refractivity contribution in [1.29, 1.82) is 5.53 Å². The fourth-order valence-electron chi connectivity index (χ4n) is 4.30. The predicted molar refractivity (Wildman–Crippen MR) is 241 cm³/mol. The summed E-state index contributed by atoms with van der Waals surface area (Å²) in [7, 11) is 2.14. The molecule has 300 valence electrons. The van der Waals surface area contributed by atoms with Gasteiger partial charge in [0.2, 0.25) is 0 Å². The van der Waals surface area contributed by atoms with Gasteiger partial charge in [-0.3, -0.25) is 4.79 Å². The van der Waals surface area contributed by atoms with Crippen LogP contribution in [0.5, 0.6) is 0 Å². The summed E-state index contributed by atoms with van der Waals surface area (Å²) in [6.07, 6.45) is 11.9. The smallest absolute Gasteiger partial charge is 0.278 e. The highest BCUT2D eigenvalue weighted by Gasteiger charge is 2.19. The van der Waals surface area contributed by atoms with Crippen LogP contribution < -0.4 is 16.4 Å². The Labute approximate surface area is 350 Å². The van der Waals surface area contributed by atoms with Crippen LogP contribution in [-0.4, -0.2) is 52.4 Å². The number of nitrogen functional groups attached to an aromatic ring is 1. The number of nitrogens with two attached hydrogens (primary N) is 1. The number of pyridine rings is 1. The minimum absolute atomic E-state index is 0. The first-order valence-corrected chi connectivity index (χ1v) is 16.5. The van der Waals surface area contributed by atoms with Crippen LogP contribution in [0.4, 0.5) is 17.3 Å². The molecule has 5 N–H and O–H groups in total. The number of aromatic nitrogens is 3. The van der Waals surface area contributed by atoms with Crippen LogP contribution in [0, 0.1) is 135 Å². The molecule has 2 aromatic heterocycles. The molecule has 1 amide bonds. The van der Waals surface area contributed by atoms with Gasteiger partial charge in [-0.05, 0) is 168 Å². The van der Waals surface area contributed by atoms with Crippen LogP contribution >= 0.6 is 0 Å². The summed E-state index contributed by atoms with van der Waals surface area (Å²) in [5.74, 6) is 48.1. The lowest BCUT2D eigenvalue weighted by Crippen LogP contribution is -2.33. The third-order valence-electron chi connectivity index (χ3n) is 6.79. The van der Waals surface area contributed by atoms with E-state index in [0.29, 0.717) is 23.2 Å². The van der Waals surface area contributed by atoms with Gasteiger partial charge < -0.3 is 21.3 Å². The molecule has 0 atom stereocenters. The molecule has 3 heterocycles. The standard InChI is InChI=1S/C21H25N7O.C21H4.HN7O.10H2/c1-28-11-6-14(7-12-28)13-26-20-18(23-9-10-25-20)21(29)27-17-4-2-3-16-15(17)5-8-24-19(16)22;1-3-5-7-9-11-13-15-17-19-21-20-18-16-14-12-10-8-6-4-2;1-2-3-4-5-6-7-8;;;;;;;;;;/h2-5,8-10,14H,6-7,11-13H2,1H3,(H2,22,24)(H,25,26)(H,27,29);1H,2H3;1H;10*1H/b;;2-1?,4-3+,6-5+;;;;;;;;;;. The number of hydrogen-bond donors (Lipinski definition) is 4. The highest BCUT2D eigenvalue weighted by atomic mass is 16.3. The van der Waals surface area contributed by atoms with Gasteiger partial charge in [-0.15, -0.1) is 11.3 Å². The zero-order chi connectivity index (χ0) is 41.9. The van der Waals surface area contributed by atoms with Gasteiger partial charge in [0.05, 0.1) is 0 Å². The molecule has 1 aliphatic rings. The Morgan fingerprint density at radius 3 is 1.95 bits per heavy atom. The molecule has 3 aromatic rings. The van der Waals surface area contributed by atoms with Crippen molar-refractivity contribution >= 4 is 34.0 Å². The second-order valence-corrected chi connectivity index (χ2v) is 10.5. The van der Waals surface area contributed by atoms with Crippen molar-refractivity contribution in [3.8, 4) is 119 Å². The molecule has 0 radical (unpaired) electrons. The van der Waals surface area contributed by atoms with Crippen molar-refractivity contribution in [1.82, 2.24) is 19.9 Å². The number of hydrogen-bond acceptors (Lipinski definition) is 9. The number of nitroso groups, excluding NO2 is 1. The van der Waals surface area contributed by atoms with Crippen molar-refractivity contribution in [3.63, 3.8) is 0 Å². The molecule has 0 saturated carbocycles. The molecule has 1 fully saturated rings. The molecule has 16 heteroatoms. The molecular formula is C42H50N14O2. The average molecular weight is 783 g/mol. The quantitative estimate of drug-likeness (QED) is 0.0791. The Bertz CT molecular complexity index is 2660. The van der Waals surface area contributed by atoms with E-state index in [2.05, 4.69) is 176 Å². The van der Waals surface area contributed by atoms with E-state index in [0.717, 1.165) is 43.2 Å². The Balaban J connectivity index is -0.000000115. The maximum atomic E-state index is 13.0. The lowest BCUT2D eigenvalue weighted by Gasteiger charge is -2.29. The fourth-order valence-corrected chi connectivity index (χ4v) is 4.30. The fraction of sp³-hybridized carbons (Fsp3) is 0.190. The number of likely N-dealkylation sites (tertiary alicyclic amines) is 1. The van der Waals surface area contributed by atoms with Crippen LogP contribution in [0.25, 0.3) is 10.8 Å². The first kappa shape index (κ1) is 44.9. The highest BCUT2D eigenvalue weighted by Crippen LogP contribution is 2.27. The van der Waals surface area contributed by atoms with E-state index in [-0.39, 0.29) is 25.9 Å². The maximum absolute atomic E-state index is 13.0. The number of rotatable bonds is 8. The third kappa shape index (κ3) is 19.0. The summed E-state index contributed by atoms with van der Waals surface area (Å²) in [4.78, 5) is 37.1. The SMILES string of the molecule is C#CC#CC#CC#CC#CC#CC#CC#CC#CC#CC.CN1CCC(CNc2nccnc2C(=O)Nc2cccc3c(N)nccc23)CC1.N=N/N=N/N=N/N=O.[HH].[HH].[HH].[HH].[HH].[HH].[HH].[HH].[HH].[HH]. The van der Waals surface area contributed by atoms with Crippen LogP contribution in [0.3, 0.4) is 0 Å².